The van der Waals surface area contributed by atoms with Crippen molar-refractivity contribution in [3.8, 4) is 0 Å². The van der Waals surface area contributed by atoms with Gasteiger partial charge in [0.15, 0.2) is 11.6 Å². The topological polar surface area (TPSA) is 66.4 Å². The molecule has 4 nitrogen and oxygen atoms in total. The predicted molar refractivity (Wildman–Crippen MR) is 59.9 cm³/mol. The van der Waals surface area contributed by atoms with Crippen molar-refractivity contribution < 1.29 is 23.5 Å². The highest BCUT2D eigenvalue weighted by Gasteiger charge is 2.12. The third-order valence-electron chi connectivity index (χ3n) is 2.48. The molecule has 0 aliphatic heterocycles. The number of benzene rings is 1. The van der Waals surface area contributed by atoms with Crippen molar-refractivity contribution in [1.29, 1.82) is 0 Å². The van der Waals surface area contributed by atoms with Crippen molar-refractivity contribution in [2.24, 2.45) is 0 Å². The van der Waals surface area contributed by atoms with Crippen LogP contribution in [0.5, 0.6) is 0 Å². The van der Waals surface area contributed by atoms with E-state index in [0.717, 1.165) is 12.1 Å². The summed E-state index contributed by atoms with van der Waals surface area (Å²) in [6.07, 6.45) is 0.845. The average Bonchev–Trinajstić information content (AvgIpc) is 2.31. The Kier molecular flexibility index (Phi) is 5.23. The molecule has 0 fully saturated rings. The van der Waals surface area contributed by atoms with Crippen LogP contribution in [0.2, 0.25) is 0 Å². The summed E-state index contributed by atoms with van der Waals surface area (Å²) in [4.78, 5) is 20.8. The minimum absolute atomic E-state index is 0.102. The van der Waals surface area contributed by atoms with Crippen LogP contribution in [0.25, 0.3) is 0 Å². The van der Waals surface area contributed by atoms with Gasteiger partial charge in [-0.15, -0.1) is 0 Å². The van der Waals surface area contributed by atoms with Gasteiger partial charge in [0.05, 0.1) is 0 Å². The zero-order valence-electron chi connectivity index (χ0n) is 9.53. The van der Waals surface area contributed by atoms with E-state index in [1.54, 1.807) is 0 Å². The maximum absolute atomic E-state index is 13.0. The molecule has 0 aliphatic rings. The van der Waals surface area contributed by atoms with Gasteiger partial charge in [0, 0.05) is 12.5 Å². The summed E-state index contributed by atoms with van der Waals surface area (Å²) in [7, 11) is 0. The van der Waals surface area contributed by atoms with E-state index < -0.39 is 23.6 Å². The molecule has 0 aliphatic carbocycles. The van der Waals surface area contributed by atoms with E-state index in [4.69, 9.17) is 5.11 Å². The SMILES string of the molecule is O=CNC(CCC(=O)O)Cc1ccc(F)c(F)c1. The van der Waals surface area contributed by atoms with E-state index in [-0.39, 0.29) is 19.3 Å². The smallest absolute Gasteiger partial charge is 0.303 e. The normalized spacial score (nSPS) is 11.9. The molecule has 1 rings (SSSR count). The van der Waals surface area contributed by atoms with E-state index in [0.29, 0.717) is 12.0 Å². The monoisotopic (exact) mass is 257 g/mol. The van der Waals surface area contributed by atoms with Crippen LogP contribution >= 0.6 is 0 Å². The van der Waals surface area contributed by atoms with Crippen LogP contribution in [-0.4, -0.2) is 23.5 Å². The second-order valence-corrected chi connectivity index (χ2v) is 3.87. The van der Waals surface area contributed by atoms with Gasteiger partial charge in [-0.3, -0.25) is 9.59 Å². The zero-order chi connectivity index (χ0) is 13.5. The molecule has 0 spiro atoms. The maximum atomic E-state index is 13.0. The molecule has 0 aromatic heterocycles. The number of amides is 1. The van der Waals surface area contributed by atoms with Crippen molar-refractivity contribution in [2.75, 3.05) is 0 Å². The first-order chi connectivity index (χ1) is 8.52. The Morgan fingerprint density at radius 1 is 1.39 bits per heavy atom. The molecule has 1 amide bonds. The van der Waals surface area contributed by atoms with Gasteiger partial charge in [-0.2, -0.15) is 0 Å². The zero-order valence-corrected chi connectivity index (χ0v) is 9.53. The first-order valence-corrected chi connectivity index (χ1v) is 5.38. The minimum atomic E-state index is -0.974. The molecule has 1 atom stereocenters. The molecule has 0 saturated carbocycles. The van der Waals surface area contributed by atoms with Crippen LogP contribution in [0, 0.1) is 11.6 Å². The van der Waals surface area contributed by atoms with Gasteiger partial charge < -0.3 is 10.4 Å². The molecular formula is C12H13F2NO3. The fourth-order valence-electron chi connectivity index (χ4n) is 1.59. The molecule has 1 unspecified atom stereocenters. The Labute approximate surface area is 103 Å². The van der Waals surface area contributed by atoms with Gasteiger partial charge in [-0.1, -0.05) is 6.07 Å². The summed E-state index contributed by atoms with van der Waals surface area (Å²) < 4.78 is 25.7. The van der Waals surface area contributed by atoms with Gasteiger partial charge in [-0.25, -0.2) is 8.78 Å². The van der Waals surface area contributed by atoms with Gasteiger partial charge in [0.2, 0.25) is 6.41 Å². The number of nitrogens with one attached hydrogen (secondary N) is 1. The van der Waals surface area contributed by atoms with Crippen molar-refractivity contribution in [2.45, 2.75) is 25.3 Å². The molecule has 0 heterocycles. The summed E-state index contributed by atoms with van der Waals surface area (Å²) in [6.45, 7) is 0. The molecular weight excluding hydrogens is 244 g/mol. The molecule has 1 aromatic rings. The number of halogens is 2. The fraction of sp³-hybridized carbons (Fsp3) is 0.333. The predicted octanol–water partition coefficient (Wildman–Crippen LogP) is 1.49. The minimum Gasteiger partial charge on any atom is -0.481 e. The summed E-state index contributed by atoms with van der Waals surface area (Å²) in [5.74, 6) is -2.88. The quantitative estimate of drug-likeness (QED) is 0.727. The highest BCUT2D eigenvalue weighted by Crippen LogP contribution is 2.12. The summed E-state index contributed by atoms with van der Waals surface area (Å²) in [5, 5.41) is 11.0. The molecule has 0 bridgehead atoms. The standard InChI is InChI=1S/C12H13F2NO3/c13-10-3-1-8(6-11(10)14)5-9(15-7-16)2-4-12(17)18/h1,3,6-7,9H,2,4-5H2,(H,15,16)(H,17,18). The maximum Gasteiger partial charge on any atom is 0.303 e. The lowest BCUT2D eigenvalue weighted by Gasteiger charge is -2.15. The van der Waals surface area contributed by atoms with Crippen LogP contribution in [0.4, 0.5) is 8.78 Å². The molecule has 0 radical (unpaired) electrons. The summed E-state index contributed by atoms with van der Waals surface area (Å²) in [6, 6.07) is 3.03. The number of carboxylic acids is 1. The van der Waals surface area contributed by atoms with Gasteiger partial charge in [0.25, 0.3) is 0 Å². The third-order valence-corrected chi connectivity index (χ3v) is 2.48. The first kappa shape index (κ1) is 14.1. The van der Waals surface area contributed by atoms with Crippen LogP contribution in [0.3, 0.4) is 0 Å². The van der Waals surface area contributed by atoms with Gasteiger partial charge in [-0.05, 0) is 30.5 Å². The highest BCUT2D eigenvalue weighted by atomic mass is 19.2. The van der Waals surface area contributed by atoms with Gasteiger partial charge in [0.1, 0.15) is 0 Å². The van der Waals surface area contributed by atoms with E-state index in [1.807, 2.05) is 0 Å². The van der Waals surface area contributed by atoms with Crippen molar-refractivity contribution >= 4 is 12.4 Å². The molecule has 98 valence electrons. The van der Waals surface area contributed by atoms with Crippen LogP contribution in [0.15, 0.2) is 18.2 Å². The Hall–Kier alpha value is -1.98. The third kappa shape index (κ3) is 4.48. The second kappa shape index (κ2) is 6.68. The molecule has 18 heavy (non-hydrogen) atoms. The number of carbonyl (C=O) groups excluding carboxylic acids is 1. The van der Waals surface area contributed by atoms with Crippen molar-refractivity contribution in [3.05, 3.63) is 35.4 Å². The second-order valence-electron chi connectivity index (χ2n) is 3.87. The molecule has 6 heteroatoms. The number of hydrogen-bond donors (Lipinski definition) is 2. The van der Waals surface area contributed by atoms with Gasteiger partial charge >= 0.3 is 5.97 Å². The molecule has 2 N–H and O–H groups in total. The average molecular weight is 257 g/mol. The Morgan fingerprint density at radius 3 is 2.67 bits per heavy atom. The Balaban J connectivity index is 2.66. The van der Waals surface area contributed by atoms with Crippen LogP contribution in [-0.2, 0) is 16.0 Å². The van der Waals surface area contributed by atoms with E-state index in [9.17, 15) is 18.4 Å². The van der Waals surface area contributed by atoms with E-state index >= 15 is 0 Å². The summed E-state index contributed by atoms with van der Waals surface area (Å²) in [5.41, 5.74) is 0.499. The first-order valence-electron chi connectivity index (χ1n) is 5.38. The number of carbonyl (C=O) groups is 2. The fourth-order valence-corrected chi connectivity index (χ4v) is 1.59. The van der Waals surface area contributed by atoms with Crippen LogP contribution in [0.1, 0.15) is 18.4 Å². The lowest BCUT2D eigenvalue weighted by molar-refractivity contribution is -0.137. The Bertz CT molecular complexity index is 437. The highest BCUT2D eigenvalue weighted by molar-refractivity contribution is 5.66. The van der Waals surface area contributed by atoms with E-state index in [1.165, 1.54) is 6.07 Å². The Morgan fingerprint density at radius 2 is 2.11 bits per heavy atom. The summed E-state index contributed by atoms with van der Waals surface area (Å²) >= 11 is 0. The molecule has 0 saturated heterocycles. The number of hydrogen-bond acceptors (Lipinski definition) is 2. The van der Waals surface area contributed by atoms with Crippen LogP contribution < -0.4 is 5.32 Å². The number of rotatable bonds is 7. The lowest BCUT2D eigenvalue weighted by atomic mass is 10.0. The van der Waals surface area contributed by atoms with Crippen molar-refractivity contribution in [3.63, 3.8) is 0 Å². The molecule has 1 aromatic carbocycles. The lowest BCUT2D eigenvalue weighted by Crippen LogP contribution is -2.30. The van der Waals surface area contributed by atoms with E-state index in [2.05, 4.69) is 5.32 Å². The largest absolute Gasteiger partial charge is 0.481 e. The number of carboxylic acid groups (broad SMARTS) is 1. The van der Waals surface area contributed by atoms with Crippen molar-refractivity contribution in [1.82, 2.24) is 5.32 Å². The number of aliphatic carboxylic acids is 1.